The van der Waals surface area contributed by atoms with Gasteiger partial charge in [0, 0.05) is 26.2 Å². The van der Waals surface area contributed by atoms with Crippen molar-refractivity contribution in [2.24, 2.45) is 0 Å². The Balaban J connectivity index is 1.99. The van der Waals surface area contributed by atoms with Crippen LogP contribution in [0.25, 0.3) is 0 Å². The Morgan fingerprint density at radius 1 is 1.19 bits per heavy atom. The molecule has 116 valence electrons. The summed E-state index contributed by atoms with van der Waals surface area (Å²) in [7, 11) is -3.25. The Kier molecular flexibility index (Phi) is 4.79. The van der Waals surface area contributed by atoms with E-state index in [1.54, 1.807) is 12.1 Å². The summed E-state index contributed by atoms with van der Waals surface area (Å²) in [6.07, 6.45) is 1.71. The van der Waals surface area contributed by atoms with Gasteiger partial charge in [-0.3, -0.25) is 0 Å². The zero-order chi connectivity index (χ0) is 15.5. The number of amides is 2. The number of urea groups is 1. The Morgan fingerprint density at radius 3 is 2.57 bits per heavy atom. The monoisotopic (exact) mass is 315 g/mol. The highest BCUT2D eigenvalue weighted by atomic mass is 32.2. The van der Waals surface area contributed by atoms with Crippen LogP contribution in [0.4, 0.5) is 14.9 Å². The Morgan fingerprint density at radius 2 is 1.90 bits per heavy atom. The lowest BCUT2D eigenvalue weighted by molar-refractivity contribution is 0.214. The highest BCUT2D eigenvalue weighted by molar-refractivity contribution is 7.88. The van der Waals surface area contributed by atoms with Gasteiger partial charge in [0.25, 0.3) is 0 Å². The van der Waals surface area contributed by atoms with E-state index in [2.05, 4.69) is 5.32 Å². The molecule has 2 amide bonds. The van der Waals surface area contributed by atoms with Crippen molar-refractivity contribution in [1.82, 2.24) is 9.21 Å². The number of benzene rings is 1. The lowest BCUT2D eigenvalue weighted by Gasteiger charge is -2.21. The van der Waals surface area contributed by atoms with Crippen molar-refractivity contribution in [3.8, 4) is 0 Å². The van der Waals surface area contributed by atoms with Crippen LogP contribution in [-0.2, 0) is 10.0 Å². The molecule has 0 atom stereocenters. The number of anilines is 1. The molecule has 0 radical (unpaired) electrons. The first-order valence-electron chi connectivity index (χ1n) is 6.63. The fourth-order valence-electron chi connectivity index (χ4n) is 2.19. The first kappa shape index (κ1) is 15.7. The zero-order valence-electron chi connectivity index (χ0n) is 11.8. The van der Waals surface area contributed by atoms with E-state index < -0.39 is 21.9 Å². The van der Waals surface area contributed by atoms with E-state index in [1.807, 2.05) is 0 Å². The highest BCUT2D eigenvalue weighted by Crippen LogP contribution is 2.14. The summed E-state index contributed by atoms with van der Waals surface area (Å²) < 4.78 is 37.9. The summed E-state index contributed by atoms with van der Waals surface area (Å²) in [5, 5.41) is 2.51. The van der Waals surface area contributed by atoms with Crippen LogP contribution in [0, 0.1) is 5.82 Å². The summed E-state index contributed by atoms with van der Waals surface area (Å²) in [5.41, 5.74) is 0.117. The first-order chi connectivity index (χ1) is 9.88. The molecule has 0 spiro atoms. The maximum atomic E-state index is 13.5. The van der Waals surface area contributed by atoms with Gasteiger partial charge >= 0.3 is 6.03 Å². The van der Waals surface area contributed by atoms with Crippen LogP contribution >= 0.6 is 0 Å². The molecule has 0 saturated carbocycles. The van der Waals surface area contributed by atoms with E-state index in [-0.39, 0.29) is 18.8 Å². The molecule has 2 rings (SSSR count). The number of hydrogen-bond acceptors (Lipinski definition) is 3. The Hall–Kier alpha value is -1.67. The van der Waals surface area contributed by atoms with Crippen LogP contribution in [0.3, 0.4) is 0 Å². The molecule has 1 N–H and O–H groups in total. The summed E-state index contributed by atoms with van der Waals surface area (Å²) in [4.78, 5) is 13.6. The van der Waals surface area contributed by atoms with Gasteiger partial charge in [-0.25, -0.2) is 21.9 Å². The smallest absolute Gasteiger partial charge is 0.321 e. The van der Waals surface area contributed by atoms with E-state index in [9.17, 15) is 17.6 Å². The fraction of sp³-hybridized carbons (Fsp3) is 0.462. The largest absolute Gasteiger partial charge is 0.323 e. The second-order valence-electron chi connectivity index (χ2n) is 4.91. The SMILES string of the molecule is CS(=O)(=O)N1CCCN(C(=O)Nc2ccccc2F)CC1. The molecule has 0 aliphatic carbocycles. The number of para-hydroxylation sites is 1. The van der Waals surface area contributed by atoms with E-state index in [0.717, 1.165) is 6.26 Å². The molecule has 21 heavy (non-hydrogen) atoms. The van der Waals surface area contributed by atoms with Crippen molar-refractivity contribution in [3.63, 3.8) is 0 Å². The van der Waals surface area contributed by atoms with Crippen molar-refractivity contribution < 1.29 is 17.6 Å². The van der Waals surface area contributed by atoms with Gasteiger partial charge in [-0.05, 0) is 18.6 Å². The number of nitrogens with one attached hydrogen (secondary N) is 1. The van der Waals surface area contributed by atoms with Gasteiger partial charge < -0.3 is 10.2 Å². The van der Waals surface area contributed by atoms with E-state index in [4.69, 9.17) is 0 Å². The molecule has 1 saturated heterocycles. The molecule has 8 heteroatoms. The normalized spacial score (nSPS) is 17.3. The molecule has 0 bridgehead atoms. The summed E-state index contributed by atoms with van der Waals surface area (Å²) >= 11 is 0. The Labute approximate surface area is 123 Å². The minimum Gasteiger partial charge on any atom is -0.323 e. The minimum atomic E-state index is -3.25. The van der Waals surface area contributed by atoms with Gasteiger partial charge in [-0.1, -0.05) is 12.1 Å². The Bertz CT molecular complexity index is 621. The summed E-state index contributed by atoms with van der Waals surface area (Å²) in [5.74, 6) is -0.501. The predicted octanol–water partition coefficient (Wildman–Crippen LogP) is 1.32. The van der Waals surface area contributed by atoms with Gasteiger partial charge in [0.05, 0.1) is 11.9 Å². The summed E-state index contributed by atoms with van der Waals surface area (Å²) in [6.45, 7) is 1.37. The molecule has 0 aromatic heterocycles. The topological polar surface area (TPSA) is 69.7 Å². The second kappa shape index (κ2) is 6.40. The molecule has 1 aliphatic rings. The number of carbonyl (C=O) groups excluding carboxylic acids is 1. The number of rotatable bonds is 2. The lowest BCUT2D eigenvalue weighted by Crippen LogP contribution is -2.39. The lowest BCUT2D eigenvalue weighted by atomic mass is 10.3. The molecule has 0 unspecified atom stereocenters. The number of hydrogen-bond donors (Lipinski definition) is 1. The molecule has 1 fully saturated rings. The third kappa shape index (κ3) is 4.15. The van der Waals surface area contributed by atoms with Gasteiger partial charge in [-0.15, -0.1) is 0 Å². The number of carbonyl (C=O) groups is 1. The van der Waals surface area contributed by atoms with Crippen LogP contribution in [0.5, 0.6) is 0 Å². The van der Waals surface area contributed by atoms with Crippen LogP contribution in [0.2, 0.25) is 0 Å². The van der Waals surface area contributed by atoms with Crippen molar-refractivity contribution in [3.05, 3.63) is 30.1 Å². The summed E-state index contributed by atoms with van der Waals surface area (Å²) in [6, 6.07) is 5.50. The highest BCUT2D eigenvalue weighted by Gasteiger charge is 2.24. The van der Waals surface area contributed by atoms with E-state index >= 15 is 0 Å². The number of sulfonamides is 1. The van der Waals surface area contributed by atoms with Crippen molar-refractivity contribution in [1.29, 1.82) is 0 Å². The molecular formula is C13H18FN3O3S. The molecular weight excluding hydrogens is 297 g/mol. The molecule has 1 heterocycles. The van der Waals surface area contributed by atoms with Gasteiger partial charge in [0.15, 0.2) is 0 Å². The van der Waals surface area contributed by atoms with Crippen LogP contribution in [0.1, 0.15) is 6.42 Å². The molecule has 1 aromatic carbocycles. The van der Waals surface area contributed by atoms with Crippen molar-refractivity contribution >= 4 is 21.7 Å². The third-order valence-corrected chi connectivity index (χ3v) is 4.63. The van der Waals surface area contributed by atoms with E-state index in [0.29, 0.717) is 19.5 Å². The van der Waals surface area contributed by atoms with Gasteiger partial charge in [0.1, 0.15) is 5.82 Å². The zero-order valence-corrected chi connectivity index (χ0v) is 12.6. The first-order valence-corrected chi connectivity index (χ1v) is 8.48. The fourth-order valence-corrected chi connectivity index (χ4v) is 3.06. The van der Waals surface area contributed by atoms with Crippen molar-refractivity contribution in [2.75, 3.05) is 37.8 Å². The van der Waals surface area contributed by atoms with E-state index in [1.165, 1.54) is 21.3 Å². The van der Waals surface area contributed by atoms with Crippen LogP contribution < -0.4 is 5.32 Å². The number of nitrogens with zero attached hydrogens (tertiary/aromatic N) is 2. The molecule has 1 aliphatic heterocycles. The molecule has 6 nitrogen and oxygen atoms in total. The second-order valence-corrected chi connectivity index (χ2v) is 6.90. The predicted molar refractivity (Wildman–Crippen MR) is 78.0 cm³/mol. The average molecular weight is 315 g/mol. The third-order valence-electron chi connectivity index (χ3n) is 3.33. The van der Waals surface area contributed by atoms with Crippen LogP contribution in [0.15, 0.2) is 24.3 Å². The van der Waals surface area contributed by atoms with Gasteiger partial charge in [0.2, 0.25) is 10.0 Å². The maximum absolute atomic E-state index is 13.5. The maximum Gasteiger partial charge on any atom is 0.321 e. The van der Waals surface area contributed by atoms with Crippen LogP contribution in [-0.4, -0.2) is 56.1 Å². The average Bonchev–Trinajstić information content (AvgIpc) is 2.66. The van der Waals surface area contributed by atoms with Gasteiger partial charge in [-0.2, -0.15) is 0 Å². The minimum absolute atomic E-state index is 0.117. The number of halogens is 1. The van der Waals surface area contributed by atoms with Crippen molar-refractivity contribution in [2.45, 2.75) is 6.42 Å². The molecule has 1 aromatic rings. The quantitative estimate of drug-likeness (QED) is 0.895. The standard InChI is InChI=1S/C13H18FN3O3S/c1-21(19,20)17-8-4-7-16(9-10-17)13(18)15-12-6-3-2-5-11(12)14/h2-3,5-6H,4,7-10H2,1H3,(H,15,18).